The summed E-state index contributed by atoms with van der Waals surface area (Å²) < 4.78 is 2.02. The molecule has 28 heavy (non-hydrogen) atoms. The first-order chi connectivity index (χ1) is 13.5. The Balaban J connectivity index is 1.50. The molecule has 0 unspecified atom stereocenters. The highest BCUT2D eigenvalue weighted by molar-refractivity contribution is 6.04. The van der Waals surface area contributed by atoms with Gasteiger partial charge in [-0.25, -0.2) is 9.97 Å². The van der Waals surface area contributed by atoms with Crippen molar-refractivity contribution < 1.29 is 4.79 Å². The SMILES string of the molecule is Cc1ccc2nc(-c3ccc(NC(=O)c4ccc(N(C)C)nc4)cc3)cn2c1. The highest BCUT2D eigenvalue weighted by Crippen LogP contribution is 2.22. The molecule has 0 bridgehead atoms. The third-order valence-electron chi connectivity index (χ3n) is 4.51. The molecule has 0 radical (unpaired) electrons. The fraction of sp³-hybridized carbons (Fsp3) is 0.136. The molecule has 6 heteroatoms. The standard InChI is InChI=1S/C22H21N5O/c1-15-4-10-21-25-19(14-27(21)13-15)16-5-8-18(9-6-16)24-22(28)17-7-11-20(23-12-17)26(2)3/h4-14H,1-3H3,(H,24,28). The molecule has 0 aliphatic rings. The predicted octanol–water partition coefficient (Wildman–Crippen LogP) is 4.02. The van der Waals surface area contributed by atoms with Gasteiger partial charge in [-0.05, 0) is 42.8 Å². The Morgan fingerprint density at radius 3 is 2.46 bits per heavy atom. The summed E-state index contributed by atoms with van der Waals surface area (Å²) >= 11 is 0. The first-order valence-electron chi connectivity index (χ1n) is 9.00. The maximum absolute atomic E-state index is 12.4. The Hall–Kier alpha value is -3.67. The minimum Gasteiger partial charge on any atom is -0.363 e. The number of hydrogen-bond acceptors (Lipinski definition) is 4. The van der Waals surface area contributed by atoms with Gasteiger partial charge in [0.1, 0.15) is 11.5 Å². The van der Waals surface area contributed by atoms with E-state index in [1.54, 1.807) is 12.3 Å². The van der Waals surface area contributed by atoms with Crippen LogP contribution >= 0.6 is 0 Å². The lowest BCUT2D eigenvalue weighted by molar-refractivity contribution is 0.102. The fourth-order valence-corrected chi connectivity index (χ4v) is 2.95. The minimum atomic E-state index is -0.186. The van der Waals surface area contributed by atoms with E-state index in [0.717, 1.165) is 28.4 Å². The van der Waals surface area contributed by atoms with Crippen LogP contribution in [0.15, 0.2) is 67.1 Å². The van der Waals surface area contributed by atoms with Gasteiger partial charge in [0.15, 0.2) is 0 Å². The van der Waals surface area contributed by atoms with E-state index in [9.17, 15) is 4.79 Å². The first kappa shape index (κ1) is 17.7. The van der Waals surface area contributed by atoms with Crippen molar-refractivity contribution in [1.82, 2.24) is 14.4 Å². The average Bonchev–Trinajstić information content (AvgIpc) is 3.11. The zero-order valence-corrected chi connectivity index (χ0v) is 16.0. The lowest BCUT2D eigenvalue weighted by Gasteiger charge is -2.11. The molecular formula is C22H21N5O. The number of benzene rings is 1. The lowest BCUT2D eigenvalue weighted by atomic mass is 10.1. The van der Waals surface area contributed by atoms with Gasteiger partial charge < -0.3 is 14.6 Å². The van der Waals surface area contributed by atoms with Crippen LogP contribution in [0.3, 0.4) is 0 Å². The van der Waals surface area contributed by atoms with Crippen LogP contribution < -0.4 is 10.2 Å². The van der Waals surface area contributed by atoms with Gasteiger partial charge in [-0.15, -0.1) is 0 Å². The molecule has 0 aliphatic heterocycles. The van der Waals surface area contributed by atoms with Gasteiger partial charge in [-0.1, -0.05) is 18.2 Å². The van der Waals surface area contributed by atoms with Crippen molar-refractivity contribution in [3.8, 4) is 11.3 Å². The summed E-state index contributed by atoms with van der Waals surface area (Å²) in [6.07, 6.45) is 5.64. The first-order valence-corrected chi connectivity index (χ1v) is 9.00. The number of nitrogens with zero attached hydrogens (tertiary/aromatic N) is 4. The Kier molecular flexibility index (Phi) is 4.53. The van der Waals surface area contributed by atoms with Gasteiger partial charge in [-0.3, -0.25) is 4.79 Å². The number of anilines is 2. The molecule has 0 atom stereocenters. The molecule has 1 aromatic carbocycles. The lowest BCUT2D eigenvalue weighted by Crippen LogP contribution is -2.14. The number of fused-ring (bicyclic) bond motifs is 1. The van der Waals surface area contributed by atoms with Crippen molar-refractivity contribution in [3.63, 3.8) is 0 Å². The van der Waals surface area contributed by atoms with Crippen LogP contribution in [0.25, 0.3) is 16.9 Å². The van der Waals surface area contributed by atoms with Crippen LogP contribution in [0.5, 0.6) is 0 Å². The number of aromatic nitrogens is 3. The summed E-state index contributed by atoms with van der Waals surface area (Å²) in [4.78, 5) is 23.2. The minimum absolute atomic E-state index is 0.186. The van der Waals surface area contributed by atoms with Crippen molar-refractivity contribution in [2.24, 2.45) is 0 Å². The molecule has 140 valence electrons. The molecule has 1 amide bonds. The number of amides is 1. The van der Waals surface area contributed by atoms with Gasteiger partial charge in [0.05, 0.1) is 11.3 Å². The summed E-state index contributed by atoms with van der Waals surface area (Å²) in [5.41, 5.74) is 5.23. The van der Waals surface area contributed by atoms with Crippen LogP contribution in [0.2, 0.25) is 0 Å². The van der Waals surface area contributed by atoms with Crippen LogP contribution in [-0.2, 0) is 0 Å². The van der Waals surface area contributed by atoms with Crippen LogP contribution in [0.1, 0.15) is 15.9 Å². The van der Waals surface area contributed by atoms with Crippen LogP contribution in [-0.4, -0.2) is 34.4 Å². The molecular weight excluding hydrogens is 350 g/mol. The second kappa shape index (κ2) is 7.15. The molecule has 0 aliphatic carbocycles. The molecule has 6 nitrogen and oxygen atoms in total. The Labute approximate surface area is 163 Å². The monoisotopic (exact) mass is 371 g/mol. The smallest absolute Gasteiger partial charge is 0.257 e. The molecule has 0 fully saturated rings. The van der Waals surface area contributed by atoms with E-state index in [0.29, 0.717) is 5.56 Å². The zero-order chi connectivity index (χ0) is 19.7. The molecule has 3 aromatic heterocycles. The van der Waals surface area contributed by atoms with Gasteiger partial charge in [0.25, 0.3) is 5.91 Å². The van der Waals surface area contributed by atoms with E-state index >= 15 is 0 Å². The van der Waals surface area contributed by atoms with Crippen molar-refractivity contribution in [2.75, 3.05) is 24.3 Å². The number of aryl methyl sites for hydroxylation is 1. The third kappa shape index (κ3) is 3.57. The second-order valence-electron chi connectivity index (χ2n) is 6.93. The maximum Gasteiger partial charge on any atom is 0.257 e. The van der Waals surface area contributed by atoms with Crippen molar-refractivity contribution in [1.29, 1.82) is 0 Å². The topological polar surface area (TPSA) is 62.5 Å². The second-order valence-corrected chi connectivity index (χ2v) is 6.93. The molecule has 0 saturated carbocycles. The highest BCUT2D eigenvalue weighted by atomic mass is 16.1. The Bertz CT molecular complexity index is 1130. The quantitative estimate of drug-likeness (QED) is 0.588. The van der Waals surface area contributed by atoms with Gasteiger partial charge in [0, 0.05) is 43.9 Å². The summed E-state index contributed by atoms with van der Waals surface area (Å²) in [7, 11) is 3.82. The zero-order valence-electron chi connectivity index (χ0n) is 16.0. The number of carbonyl (C=O) groups excluding carboxylic acids is 1. The number of rotatable bonds is 4. The maximum atomic E-state index is 12.4. The van der Waals surface area contributed by atoms with E-state index in [2.05, 4.69) is 28.4 Å². The number of imidazole rings is 1. The van der Waals surface area contributed by atoms with E-state index in [-0.39, 0.29) is 5.91 Å². The number of pyridine rings is 2. The molecule has 0 saturated heterocycles. The summed E-state index contributed by atoms with van der Waals surface area (Å²) in [5, 5.41) is 2.90. The molecule has 0 spiro atoms. The summed E-state index contributed by atoms with van der Waals surface area (Å²) in [5.74, 6) is 0.623. The number of carbonyl (C=O) groups is 1. The molecule has 1 N–H and O–H groups in total. The predicted molar refractivity (Wildman–Crippen MR) is 112 cm³/mol. The molecule has 3 heterocycles. The Morgan fingerprint density at radius 2 is 1.79 bits per heavy atom. The average molecular weight is 371 g/mol. The molecule has 4 aromatic rings. The Morgan fingerprint density at radius 1 is 1.00 bits per heavy atom. The van der Waals surface area contributed by atoms with Crippen LogP contribution in [0.4, 0.5) is 11.5 Å². The van der Waals surface area contributed by atoms with Gasteiger partial charge >= 0.3 is 0 Å². The van der Waals surface area contributed by atoms with Crippen molar-refractivity contribution in [3.05, 3.63) is 78.2 Å². The third-order valence-corrected chi connectivity index (χ3v) is 4.51. The van der Waals surface area contributed by atoms with Crippen molar-refractivity contribution in [2.45, 2.75) is 6.92 Å². The van der Waals surface area contributed by atoms with E-state index in [4.69, 9.17) is 0 Å². The number of hydrogen-bond donors (Lipinski definition) is 1. The highest BCUT2D eigenvalue weighted by Gasteiger charge is 2.09. The largest absolute Gasteiger partial charge is 0.363 e. The summed E-state index contributed by atoms with van der Waals surface area (Å²) in [6, 6.07) is 15.3. The number of nitrogens with one attached hydrogen (secondary N) is 1. The normalized spacial score (nSPS) is 10.8. The van der Waals surface area contributed by atoms with Crippen LogP contribution in [0, 0.1) is 6.92 Å². The van der Waals surface area contributed by atoms with E-state index < -0.39 is 0 Å². The van der Waals surface area contributed by atoms with Crippen molar-refractivity contribution >= 4 is 23.1 Å². The van der Waals surface area contributed by atoms with Gasteiger partial charge in [0.2, 0.25) is 0 Å². The van der Waals surface area contributed by atoms with E-state index in [1.165, 1.54) is 5.56 Å². The fourth-order valence-electron chi connectivity index (χ4n) is 2.95. The van der Waals surface area contributed by atoms with E-state index in [1.807, 2.05) is 72.1 Å². The van der Waals surface area contributed by atoms with Gasteiger partial charge in [-0.2, -0.15) is 0 Å². The summed E-state index contributed by atoms with van der Waals surface area (Å²) in [6.45, 7) is 2.06. The molecule has 4 rings (SSSR count).